The third-order valence-electron chi connectivity index (χ3n) is 3.63. The van der Waals surface area contributed by atoms with Gasteiger partial charge in [0.1, 0.15) is 12.7 Å². The van der Waals surface area contributed by atoms with Gasteiger partial charge in [0.25, 0.3) is 0 Å². The van der Waals surface area contributed by atoms with Crippen molar-refractivity contribution in [3.8, 4) is 0 Å². The van der Waals surface area contributed by atoms with E-state index in [0.717, 1.165) is 13.0 Å². The Morgan fingerprint density at radius 2 is 1.95 bits per heavy atom. The van der Waals surface area contributed by atoms with E-state index in [-0.39, 0.29) is 0 Å². The molecule has 0 N–H and O–H groups in total. The van der Waals surface area contributed by atoms with Crippen molar-refractivity contribution in [2.75, 3.05) is 0 Å². The Kier molecular flexibility index (Phi) is 5.13. The van der Waals surface area contributed by atoms with Crippen LogP contribution in [0.2, 0.25) is 0 Å². The highest BCUT2D eigenvalue weighted by Crippen LogP contribution is 2.26. The van der Waals surface area contributed by atoms with Gasteiger partial charge >= 0.3 is 0 Å². The van der Waals surface area contributed by atoms with Crippen LogP contribution in [0.4, 0.5) is 0 Å². The van der Waals surface area contributed by atoms with Crippen LogP contribution in [0, 0.1) is 6.92 Å². The summed E-state index contributed by atoms with van der Waals surface area (Å²) in [7, 11) is 0. The van der Waals surface area contributed by atoms with Gasteiger partial charge in [0.05, 0.1) is 0 Å². The minimum absolute atomic E-state index is 0.629. The Balaban J connectivity index is 2.00. The second kappa shape index (κ2) is 7.07. The fourth-order valence-electron chi connectivity index (χ4n) is 2.40. The Labute approximate surface area is 115 Å². The zero-order valence-electron chi connectivity index (χ0n) is 11.9. The maximum Gasteiger partial charge on any atom is 0.137 e. The van der Waals surface area contributed by atoms with Gasteiger partial charge in [-0.2, -0.15) is 5.10 Å². The summed E-state index contributed by atoms with van der Waals surface area (Å²) >= 11 is 0. The van der Waals surface area contributed by atoms with E-state index >= 15 is 0 Å². The molecule has 0 aliphatic carbocycles. The number of rotatable bonds is 7. The molecule has 0 bridgehead atoms. The molecule has 1 aromatic carbocycles. The monoisotopic (exact) mass is 257 g/mol. The second-order valence-corrected chi connectivity index (χ2v) is 5.20. The molecular weight excluding hydrogens is 234 g/mol. The van der Waals surface area contributed by atoms with Crippen molar-refractivity contribution in [1.82, 2.24) is 14.8 Å². The van der Waals surface area contributed by atoms with E-state index in [4.69, 9.17) is 0 Å². The van der Waals surface area contributed by atoms with Gasteiger partial charge in [-0.3, -0.25) is 4.68 Å². The highest BCUT2D eigenvalue weighted by molar-refractivity contribution is 5.24. The van der Waals surface area contributed by atoms with Crippen LogP contribution in [-0.2, 0) is 6.54 Å². The zero-order chi connectivity index (χ0) is 13.5. The topological polar surface area (TPSA) is 30.7 Å². The predicted molar refractivity (Wildman–Crippen MR) is 78.1 cm³/mol. The molecule has 0 saturated heterocycles. The minimum atomic E-state index is 0.629. The molecule has 0 aliphatic rings. The van der Waals surface area contributed by atoms with Gasteiger partial charge in [0.2, 0.25) is 0 Å². The lowest BCUT2D eigenvalue weighted by Crippen LogP contribution is -2.06. The molecule has 2 aromatic rings. The van der Waals surface area contributed by atoms with Crippen molar-refractivity contribution in [3.05, 3.63) is 48.0 Å². The van der Waals surface area contributed by atoms with Gasteiger partial charge in [-0.25, -0.2) is 4.98 Å². The lowest BCUT2D eigenvalue weighted by Gasteiger charge is -2.17. The van der Waals surface area contributed by atoms with E-state index in [0.29, 0.717) is 5.92 Å². The third-order valence-corrected chi connectivity index (χ3v) is 3.63. The summed E-state index contributed by atoms with van der Waals surface area (Å²) < 4.78 is 1.92. The number of benzene rings is 1. The van der Waals surface area contributed by atoms with Crippen LogP contribution >= 0.6 is 0 Å². The van der Waals surface area contributed by atoms with Crippen LogP contribution in [0.1, 0.15) is 49.7 Å². The fraction of sp³-hybridized carbons (Fsp3) is 0.500. The molecule has 102 valence electrons. The Bertz CT molecular complexity index is 459. The summed E-state index contributed by atoms with van der Waals surface area (Å²) in [5.41, 5.74) is 2.79. The molecule has 1 atom stereocenters. The zero-order valence-corrected chi connectivity index (χ0v) is 11.9. The molecular formula is C16H23N3. The van der Waals surface area contributed by atoms with Crippen LogP contribution in [-0.4, -0.2) is 14.8 Å². The SMILES string of the molecule is CCCC[C@@H](CCn1cncn1)c1ccc(C)cc1. The maximum absolute atomic E-state index is 4.18. The van der Waals surface area contributed by atoms with Crippen molar-refractivity contribution >= 4 is 0 Å². The summed E-state index contributed by atoms with van der Waals surface area (Å²) in [4.78, 5) is 4.00. The third kappa shape index (κ3) is 4.19. The average molecular weight is 257 g/mol. The lowest BCUT2D eigenvalue weighted by molar-refractivity contribution is 0.479. The van der Waals surface area contributed by atoms with Gasteiger partial charge in [-0.15, -0.1) is 0 Å². The van der Waals surface area contributed by atoms with Gasteiger partial charge in [0.15, 0.2) is 0 Å². The molecule has 0 fully saturated rings. The number of nitrogens with zero attached hydrogens (tertiary/aromatic N) is 3. The fourth-order valence-corrected chi connectivity index (χ4v) is 2.40. The summed E-state index contributed by atoms with van der Waals surface area (Å²) in [5, 5.41) is 4.18. The molecule has 1 aromatic heterocycles. The average Bonchev–Trinajstić information content (AvgIpc) is 2.93. The summed E-state index contributed by atoms with van der Waals surface area (Å²) in [6.45, 7) is 5.34. The first-order chi connectivity index (χ1) is 9.29. The lowest BCUT2D eigenvalue weighted by atomic mass is 9.90. The van der Waals surface area contributed by atoms with E-state index in [1.165, 1.54) is 30.4 Å². The number of unbranched alkanes of at least 4 members (excludes halogenated alkanes) is 1. The van der Waals surface area contributed by atoms with Crippen molar-refractivity contribution in [1.29, 1.82) is 0 Å². The maximum atomic E-state index is 4.18. The van der Waals surface area contributed by atoms with Crippen molar-refractivity contribution < 1.29 is 0 Å². The van der Waals surface area contributed by atoms with Crippen molar-refractivity contribution in [2.45, 2.75) is 52.0 Å². The van der Waals surface area contributed by atoms with Crippen LogP contribution in [0.5, 0.6) is 0 Å². The first-order valence-electron chi connectivity index (χ1n) is 7.18. The van der Waals surface area contributed by atoms with Gasteiger partial charge in [-0.1, -0.05) is 49.6 Å². The molecule has 0 unspecified atom stereocenters. The minimum Gasteiger partial charge on any atom is -0.253 e. The number of aromatic nitrogens is 3. The standard InChI is InChI=1S/C16H23N3/c1-3-4-5-15(10-11-19-13-17-12-18-19)16-8-6-14(2)7-9-16/h6-9,12-13,15H,3-5,10-11H2,1-2H3/t15-/m0/s1. The largest absolute Gasteiger partial charge is 0.253 e. The molecule has 0 spiro atoms. The van der Waals surface area contributed by atoms with Gasteiger partial charge in [-0.05, 0) is 31.2 Å². The Morgan fingerprint density at radius 1 is 1.16 bits per heavy atom. The van der Waals surface area contributed by atoms with E-state index in [1.807, 2.05) is 4.68 Å². The number of hydrogen-bond donors (Lipinski definition) is 0. The highest BCUT2D eigenvalue weighted by Gasteiger charge is 2.11. The molecule has 0 radical (unpaired) electrons. The summed E-state index contributed by atoms with van der Waals surface area (Å²) in [6, 6.07) is 8.97. The predicted octanol–water partition coefficient (Wildman–Crippen LogP) is 3.95. The van der Waals surface area contributed by atoms with E-state index in [1.54, 1.807) is 12.7 Å². The van der Waals surface area contributed by atoms with E-state index in [9.17, 15) is 0 Å². The highest BCUT2D eigenvalue weighted by atomic mass is 15.3. The van der Waals surface area contributed by atoms with E-state index in [2.05, 4.69) is 48.2 Å². The normalized spacial score (nSPS) is 12.5. The Morgan fingerprint density at radius 3 is 2.58 bits per heavy atom. The second-order valence-electron chi connectivity index (χ2n) is 5.20. The first-order valence-corrected chi connectivity index (χ1v) is 7.18. The Hall–Kier alpha value is -1.64. The molecule has 2 rings (SSSR count). The summed E-state index contributed by atoms with van der Waals surface area (Å²) in [6.07, 6.45) is 8.33. The van der Waals surface area contributed by atoms with Crippen molar-refractivity contribution in [3.63, 3.8) is 0 Å². The van der Waals surface area contributed by atoms with Crippen LogP contribution in [0.15, 0.2) is 36.9 Å². The van der Waals surface area contributed by atoms with Crippen molar-refractivity contribution in [2.24, 2.45) is 0 Å². The van der Waals surface area contributed by atoms with Crippen LogP contribution in [0.25, 0.3) is 0 Å². The first kappa shape index (κ1) is 13.8. The molecule has 0 amide bonds. The molecule has 0 aliphatic heterocycles. The van der Waals surface area contributed by atoms with Gasteiger partial charge < -0.3 is 0 Å². The van der Waals surface area contributed by atoms with Crippen LogP contribution < -0.4 is 0 Å². The van der Waals surface area contributed by atoms with Gasteiger partial charge in [0, 0.05) is 6.54 Å². The molecule has 1 heterocycles. The smallest absolute Gasteiger partial charge is 0.137 e. The molecule has 3 heteroatoms. The van der Waals surface area contributed by atoms with Crippen LogP contribution in [0.3, 0.4) is 0 Å². The van der Waals surface area contributed by atoms with E-state index < -0.39 is 0 Å². The summed E-state index contributed by atoms with van der Waals surface area (Å²) in [5.74, 6) is 0.629. The number of hydrogen-bond acceptors (Lipinski definition) is 2. The quantitative estimate of drug-likeness (QED) is 0.752. The number of aryl methyl sites for hydroxylation is 2. The molecule has 3 nitrogen and oxygen atoms in total. The molecule has 19 heavy (non-hydrogen) atoms. The molecule has 0 saturated carbocycles.